The van der Waals surface area contributed by atoms with Crippen LogP contribution in [0.5, 0.6) is 5.75 Å². The second kappa shape index (κ2) is 10.1. The van der Waals surface area contributed by atoms with Gasteiger partial charge in [0.1, 0.15) is 11.5 Å². The maximum atomic E-state index is 13.6. The molecule has 1 aliphatic rings. The molecule has 0 unspecified atom stereocenters. The van der Waals surface area contributed by atoms with Crippen molar-refractivity contribution < 1.29 is 22.7 Å². The van der Waals surface area contributed by atoms with E-state index in [1.54, 1.807) is 19.9 Å². The monoisotopic (exact) mass is 470 g/mol. The predicted octanol–water partition coefficient (Wildman–Crippen LogP) is 6.17. The van der Waals surface area contributed by atoms with Crippen LogP contribution in [0.25, 0.3) is 5.57 Å². The second-order valence-electron chi connectivity index (χ2n) is 9.28. The Balaban J connectivity index is 1.65. The highest BCUT2D eigenvalue weighted by Crippen LogP contribution is 2.30. The normalized spacial score (nSPS) is 14.5. The zero-order valence-corrected chi connectivity index (χ0v) is 20.6. The molecule has 182 valence electrons. The van der Waals surface area contributed by atoms with E-state index in [0.29, 0.717) is 36.7 Å². The Kier molecular flexibility index (Phi) is 7.56. The van der Waals surface area contributed by atoms with Crippen molar-refractivity contribution >= 4 is 11.9 Å². The first kappa shape index (κ1) is 25.6. The van der Waals surface area contributed by atoms with E-state index in [2.05, 4.69) is 10.3 Å². The van der Waals surface area contributed by atoms with E-state index in [4.69, 9.17) is 9.15 Å². The van der Waals surface area contributed by atoms with E-state index in [-0.39, 0.29) is 5.57 Å². The largest absolute Gasteiger partial charge is 0.480 e. The molecule has 7 heteroatoms. The van der Waals surface area contributed by atoms with Gasteiger partial charge in [0.2, 0.25) is 5.89 Å². The van der Waals surface area contributed by atoms with Gasteiger partial charge in [0.15, 0.2) is 11.9 Å². The number of hydrogen-bond donors (Lipinski definition) is 1. The molecular formula is C27H32F2N2O3. The summed E-state index contributed by atoms with van der Waals surface area (Å²) in [5.41, 5.74) is 3.57. The molecule has 0 atom stereocenters. The van der Waals surface area contributed by atoms with Gasteiger partial charge in [0.05, 0.1) is 5.69 Å². The number of nitrogens with one attached hydrogen (secondary N) is 1. The molecule has 0 spiro atoms. The van der Waals surface area contributed by atoms with Crippen molar-refractivity contribution in [2.75, 3.05) is 0 Å². The summed E-state index contributed by atoms with van der Waals surface area (Å²) in [7, 11) is 0. The SMILES string of the molecule is Cc1cc(CNCc2nc(C3=CCC=C(C(C)(F)F)C=C3)oc2C)cc(C)c1OC(C)(C)C=O. The van der Waals surface area contributed by atoms with Crippen LogP contribution in [0.3, 0.4) is 0 Å². The molecule has 0 radical (unpaired) electrons. The number of oxazole rings is 1. The minimum Gasteiger partial charge on any atom is -0.480 e. The Morgan fingerprint density at radius 2 is 1.76 bits per heavy atom. The fourth-order valence-corrected chi connectivity index (χ4v) is 3.74. The van der Waals surface area contributed by atoms with Crippen molar-refractivity contribution in [1.29, 1.82) is 0 Å². The topological polar surface area (TPSA) is 64.4 Å². The first-order valence-electron chi connectivity index (χ1n) is 11.3. The summed E-state index contributed by atoms with van der Waals surface area (Å²) < 4.78 is 38.9. The summed E-state index contributed by atoms with van der Waals surface area (Å²) in [4.78, 5) is 15.8. The van der Waals surface area contributed by atoms with Gasteiger partial charge in [-0.1, -0.05) is 30.4 Å². The summed E-state index contributed by atoms with van der Waals surface area (Å²) in [6.45, 7) is 11.2. The Labute approximate surface area is 199 Å². The average molecular weight is 471 g/mol. The van der Waals surface area contributed by atoms with Crippen LogP contribution in [0.2, 0.25) is 0 Å². The van der Waals surface area contributed by atoms with E-state index in [9.17, 15) is 13.6 Å². The highest BCUT2D eigenvalue weighted by molar-refractivity contribution is 5.70. The lowest BCUT2D eigenvalue weighted by atomic mass is 10.0. The Morgan fingerprint density at radius 1 is 1.09 bits per heavy atom. The van der Waals surface area contributed by atoms with Gasteiger partial charge in [-0.3, -0.25) is 4.79 Å². The van der Waals surface area contributed by atoms with Crippen molar-refractivity contribution in [3.63, 3.8) is 0 Å². The number of allylic oxidation sites excluding steroid dienone is 6. The molecular weight excluding hydrogens is 438 g/mol. The number of ether oxygens (including phenoxy) is 1. The van der Waals surface area contributed by atoms with Crippen LogP contribution in [-0.4, -0.2) is 22.8 Å². The van der Waals surface area contributed by atoms with Crippen molar-refractivity contribution in [1.82, 2.24) is 10.3 Å². The van der Waals surface area contributed by atoms with Crippen LogP contribution in [0.4, 0.5) is 8.78 Å². The number of halogens is 2. The smallest absolute Gasteiger partial charge is 0.270 e. The fraction of sp³-hybridized carbons (Fsp3) is 0.407. The number of carbonyl (C=O) groups excluding carboxylic acids is 1. The van der Waals surface area contributed by atoms with E-state index < -0.39 is 11.5 Å². The molecule has 1 aromatic carbocycles. The summed E-state index contributed by atoms with van der Waals surface area (Å²) in [5, 5.41) is 3.38. The van der Waals surface area contributed by atoms with Crippen molar-refractivity contribution in [2.24, 2.45) is 0 Å². The molecule has 1 N–H and O–H groups in total. The maximum absolute atomic E-state index is 13.6. The number of hydrogen-bond acceptors (Lipinski definition) is 5. The summed E-state index contributed by atoms with van der Waals surface area (Å²) in [6.07, 6.45) is 7.58. The van der Waals surface area contributed by atoms with Gasteiger partial charge in [0.25, 0.3) is 5.92 Å². The van der Waals surface area contributed by atoms with Crippen LogP contribution < -0.4 is 10.1 Å². The van der Waals surface area contributed by atoms with Gasteiger partial charge in [-0.15, -0.1) is 0 Å². The average Bonchev–Trinajstić information content (AvgIpc) is 2.95. The number of nitrogens with zero attached hydrogens (tertiary/aromatic N) is 1. The van der Waals surface area contributed by atoms with Gasteiger partial charge in [-0.25, -0.2) is 13.8 Å². The third kappa shape index (κ3) is 6.29. The van der Waals surface area contributed by atoms with Gasteiger partial charge in [0, 0.05) is 31.2 Å². The van der Waals surface area contributed by atoms with Gasteiger partial charge >= 0.3 is 0 Å². The Bertz CT molecular complexity index is 1130. The molecule has 0 fully saturated rings. The molecule has 1 aliphatic carbocycles. The first-order chi connectivity index (χ1) is 15.9. The third-order valence-electron chi connectivity index (χ3n) is 5.56. The highest BCUT2D eigenvalue weighted by atomic mass is 19.3. The minimum atomic E-state index is -2.88. The van der Waals surface area contributed by atoms with E-state index in [0.717, 1.165) is 41.3 Å². The number of carbonyl (C=O) groups is 1. The molecule has 34 heavy (non-hydrogen) atoms. The molecule has 1 aromatic heterocycles. The number of aromatic nitrogens is 1. The number of rotatable bonds is 9. The van der Waals surface area contributed by atoms with Crippen LogP contribution in [0, 0.1) is 20.8 Å². The fourth-order valence-electron chi connectivity index (χ4n) is 3.74. The van der Waals surface area contributed by atoms with Gasteiger partial charge in [-0.05, 0) is 63.8 Å². The summed E-state index contributed by atoms with van der Waals surface area (Å²) in [6, 6.07) is 4.07. The van der Waals surface area contributed by atoms with E-state index >= 15 is 0 Å². The molecule has 0 aliphatic heterocycles. The molecule has 0 saturated carbocycles. The van der Waals surface area contributed by atoms with Gasteiger partial charge in [-0.2, -0.15) is 0 Å². The maximum Gasteiger partial charge on any atom is 0.270 e. The molecule has 1 heterocycles. The first-order valence-corrected chi connectivity index (χ1v) is 11.3. The Hall–Kier alpha value is -3.06. The van der Waals surface area contributed by atoms with Crippen LogP contribution in [0.15, 0.2) is 46.4 Å². The second-order valence-corrected chi connectivity index (χ2v) is 9.28. The molecule has 3 rings (SSSR count). The predicted molar refractivity (Wildman–Crippen MR) is 129 cm³/mol. The molecule has 0 amide bonds. The van der Waals surface area contributed by atoms with Crippen LogP contribution >= 0.6 is 0 Å². The lowest BCUT2D eigenvalue weighted by Gasteiger charge is -2.23. The number of alkyl halides is 2. The third-order valence-corrected chi connectivity index (χ3v) is 5.56. The van der Waals surface area contributed by atoms with E-state index in [1.807, 2.05) is 39.0 Å². The molecule has 0 saturated heterocycles. The Morgan fingerprint density at radius 3 is 2.38 bits per heavy atom. The quantitative estimate of drug-likeness (QED) is 0.444. The zero-order chi connectivity index (χ0) is 25.1. The molecule has 2 aromatic rings. The lowest BCUT2D eigenvalue weighted by molar-refractivity contribution is -0.119. The standard InChI is InChI=1S/C27H32F2N2O3/c1-17-12-20(13-18(2)24(17)34-26(4,5)16-32)14-30-15-23-19(3)33-25(31-23)21-8-7-9-22(11-10-21)27(6,28)29/h8-13,16,30H,7,14-15H2,1-6H3. The minimum absolute atomic E-state index is 0.0133. The highest BCUT2D eigenvalue weighted by Gasteiger charge is 2.26. The van der Waals surface area contributed by atoms with Crippen molar-refractivity contribution in [3.05, 3.63) is 76.0 Å². The van der Waals surface area contributed by atoms with Crippen molar-refractivity contribution in [3.8, 4) is 5.75 Å². The van der Waals surface area contributed by atoms with Crippen molar-refractivity contribution in [2.45, 2.75) is 72.6 Å². The van der Waals surface area contributed by atoms with Crippen LogP contribution in [-0.2, 0) is 17.9 Å². The number of aryl methyl sites for hydroxylation is 3. The summed E-state index contributed by atoms with van der Waals surface area (Å²) >= 11 is 0. The molecule has 5 nitrogen and oxygen atoms in total. The zero-order valence-electron chi connectivity index (χ0n) is 20.6. The van der Waals surface area contributed by atoms with E-state index in [1.165, 1.54) is 12.2 Å². The number of benzene rings is 1. The summed E-state index contributed by atoms with van der Waals surface area (Å²) in [5.74, 6) is -1.05. The molecule has 0 bridgehead atoms. The lowest BCUT2D eigenvalue weighted by Crippen LogP contribution is -2.30. The van der Waals surface area contributed by atoms with Crippen LogP contribution in [0.1, 0.15) is 61.2 Å². The number of aldehydes is 1. The van der Waals surface area contributed by atoms with Gasteiger partial charge < -0.3 is 14.5 Å².